The summed E-state index contributed by atoms with van der Waals surface area (Å²) in [6, 6.07) is 12.2. The summed E-state index contributed by atoms with van der Waals surface area (Å²) < 4.78 is 0. The highest BCUT2D eigenvalue weighted by atomic mass is 35.5. The molecule has 1 unspecified atom stereocenters. The van der Waals surface area contributed by atoms with Crippen molar-refractivity contribution in [3.05, 3.63) is 75.5 Å². The minimum atomic E-state index is 0.198. The van der Waals surface area contributed by atoms with Crippen LogP contribution in [0.15, 0.2) is 48.8 Å². The lowest BCUT2D eigenvalue weighted by molar-refractivity contribution is 0.295. The second-order valence-electron chi connectivity index (χ2n) is 6.15. The Labute approximate surface area is 153 Å². The summed E-state index contributed by atoms with van der Waals surface area (Å²) in [6.45, 7) is 5.71. The van der Waals surface area contributed by atoms with Gasteiger partial charge in [-0.2, -0.15) is 0 Å². The molecule has 0 aliphatic carbocycles. The van der Waals surface area contributed by atoms with Crippen molar-refractivity contribution in [3.8, 4) is 0 Å². The summed E-state index contributed by atoms with van der Waals surface area (Å²) >= 11 is 12.7. The Morgan fingerprint density at radius 1 is 1.21 bits per heavy atom. The summed E-state index contributed by atoms with van der Waals surface area (Å²) in [7, 11) is 3.96. The quantitative estimate of drug-likeness (QED) is 0.828. The van der Waals surface area contributed by atoms with E-state index in [1.807, 2.05) is 25.2 Å². The molecule has 3 rings (SSSR count). The zero-order valence-electron chi connectivity index (χ0n) is 13.9. The standard InChI is InChI=1S/C19H21Cl2N3/c1-12(22-2)23-19-7-5-4-6-14(19)16-10-24(3)11-17-15(16)8-13(20)9-18(17)21/h4-9,16,22-23H,1,10-11H2,2-3H3. The zero-order valence-corrected chi connectivity index (χ0v) is 15.4. The maximum atomic E-state index is 6.46. The van der Waals surface area contributed by atoms with Gasteiger partial charge in [0.2, 0.25) is 0 Å². The van der Waals surface area contributed by atoms with Crippen LogP contribution >= 0.6 is 23.2 Å². The monoisotopic (exact) mass is 361 g/mol. The molecule has 5 heteroatoms. The maximum Gasteiger partial charge on any atom is 0.0954 e. The molecule has 0 aromatic heterocycles. The fourth-order valence-corrected chi connectivity index (χ4v) is 3.82. The Kier molecular flexibility index (Phi) is 5.04. The molecule has 1 heterocycles. The van der Waals surface area contributed by atoms with Gasteiger partial charge in [0.25, 0.3) is 0 Å². The van der Waals surface area contributed by atoms with Gasteiger partial charge in [-0.1, -0.05) is 48.0 Å². The minimum absolute atomic E-state index is 0.198. The number of nitrogens with zero attached hydrogens (tertiary/aromatic N) is 1. The second kappa shape index (κ2) is 7.06. The third-order valence-corrected chi connectivity index (χ3v) is 4.97. The van der Waals surface area contributed by atoms with E-state index < -0.39 is 0 Å². The lowest BCUT2D eigenvalue weighted by atomic mass is 9.84. The van der Waals surface area contributed by atoms with Crippen LogP contribution in [0.5, 0.6) is 0 Å². The molecule has 2 aromatic carbocycles. The van der Waals surface area contributed by atoms with Gasteiger partial charge < -0.3 is 15.5 Å². The molecule has 1 aliphatic rings. The van der Waals surface area contributed by atoms with Gasteiger partial charge in [-0.05, 0) is 41.9 Å². The summed E-state index contributed by atoms with van der Waals surface area (Å²) in [5.41, 5.74) is 4.61. The van der Waals surface area contributed by atoms with E-state index in [4.69, 9.17) is 23.2 Å². The predicted octanol–water partition coefficient (Wildman–Crippen LogP) is 4.67. The Hall–Kier alpha value is -1.68. The SMILES string of the molecule is C=C(NC)Nc1ccccc1C1CN(C)Cc2c(Cl)cc(Cl)cc21. The summed E-state index contributed by atoms with van der Waals surface area (Å²) in [6.07, 6.45) is 0. The fourth-order valence-electron chi connectivity index (χ4n) is 3.25. The van der Waals surface area contributed by atoms with Crippen LogP contribution in [0.2, 0.25) is 10.0 Å². The number of benzene rings is 2. The molecule has 0 saturated carbocycles. The zero-order chi connectivity index (χ0) is 17.3. The van der Waals surface area contributed by atoms with E-state index in [1.165, 1.54) is 11.1 Å². The van der Waals surface area contributed by atoms with Gasteiger partial charge in [-0.25, -0.2) is 0 Å². The first kappa shape index (κ1) is 17.2. The minimum Gasteiger partial charge on any atom is -0.375 e. The number of hydrogen-bond acceptors (Lipinski definition) is 3. The Morgan fingerprint density at radius 2 is 1.96 bits per heavy atom. The van der Waals surface area contributed by atoms with Gasteiger partial charge in [-0.3, -0.25) is 0 Å². The van der Waals surface area contributed by atoms with Gasteiger partial charge in [0, 0.05) is 41.8 Å². The molecule has 2 aromatic rings. The van der Waals surface area contributed by atoms with Gasteiger partial charge in [0.1, 0.15) is 0 Å². The molecule has 0 saturated heterocycles. The molecule has 0 bridgehead atoms. The van der Waals surface area contributed by atoms with Gasteiger partial charge >= 0.3 is 0 Å². The first-order valence-electron chi connectivity index (χ1n) is 7.88. The third-order valence-electron chi connectivity index (χ3n) is 4.42. The van der Waals surface area contributed by atoms with Crippen molar-refractivity contribution < 1.29 is 0 Å². The summed E-state index contributed by atoms with van der Waals surface area (Å²) in [4.78, 5) is 2.29. The number of likely N-dealkylation sites (N-methyl/N-ethyl adjacent to an activating group) is 1. The number of rotatable bonds is 4. The highest BCUT2D eigenvalue weighted by molar-refractivity contribution is 6.35. The molecule has 126 valence electrons. The van der Waals surface area contributed by atoms with Gasteiger partial charge in [-0.15, -0.1) is 0 Å². The van der Waals surface area contributed by atoms with Gasteiger partial charge in [0.15, 0.2) is 0 Å². The van der Waals surface area contributed by atoms with Crippen LogP contribution in [0, 0.1) is 0 Å². The van der Waals surface area contributed by atoms with E-state index in [1.54, 1.807) is 0 Å². The highest BCUT2D eigenvalue weighted by Gasteiger charge is 2.28. The van der Waals surface area contributed by atoms with E-state index >= 15 is 0 Å². The van der Waals surface area contributed by atoms with Crippen molar-refractivity contribution in [2.45, 2.75) is 12.5 Å². The lowest BCUT2D eigenvalue weighted by Crippen LogP contribution is -2.31. The number of nitrogens with one attached hydrogen (secondary N) is 2. The summed E-state index contributed by atoms with van der Waals surface area (Å²) in [5.74, 6) is 0.958. The molecule has 0 amide bonds. The predicted molar refractivity (Wildman–Crippen MR) is 103 cm³/mol. The average Bonchev–Trinajstić information content (AvgIpc) is 2.55. The largest absolute Gasteiger partial charge is 0.375 e. The first-order valence-corrected chi connectivity index (χ1v) is 8.64. The smallest absolute Gasteiger partial charge is 0.0954 e. The molecule has 1 aliphatic heterocycles. The maximum absolute atomic E-state index is 6.46. The van der Waals surface area contributed by atoms with Crippen molar-refractivity contribution in [2.24, 2.45) is 0 Å². The van der Waals surface area contributed by atoms with Crippen LogP contribution < -0.4 is 10.6 Å². The Morgan fingerprint density at radius 3 is 2.71 bits per heavy atom. The van der Waals surface area contributed by atoms with Crippen molar-refractivity contribution in [1.82, 2.24) is 10.2 Å². The van der Waals surface area contributed by atoms with E-state index in [9.17, 15) is 0 Å². The molecular weight excluding hydrogens is 341 g/mol. The van der Waals surface area contributed by atoms with Gasteiger partial charge in [0.05, 0.1) is 5.82 Å². The number of para-hydroxylation sites is 1. The second-order valence-corrected chi connectivity index (χ2v) is 6.99. The molecule has 24 heavy (non-hydrogen) atoms. The molecule has 0 spiro atoms. The van der Waals surface area contributed by atoms with Crippen LogP contribution in [-0.2, 0) is 6.54 Å². The fraction of sp³-hybridized carbons (Fsp3) is 0.263. The highest BCUT2D eigenvalue weighted by Crippen LogP contribution is 2.40. The van der Waals surface area contributed by atoms with Crippen LogP contribution in [0.1, 0.15) is 22.6 Å². The topological polar surface area (TPSA) is 27.3 Å². The van der Waals surface area contributed by atoms with Crippen molar-refractivity contribution in [1.29, 1.82) is 0 Å². The number of halogens is 2. The average molecular weight is 362 g/mol. The van der Waals surface area contributed by atoms with Crippen LogP contribution in [-0.4, -0.2) is 25.5 Å². The summed E-state index contributed by atoms with van der Waals surface area (Å²) in [5, 5.41) is 7.79. The number of anilines is 1. The Balaban J connectivity index is 2.10. The van der Waals surface area contributed by atoms with E-state index in [-0.39, 0.29) is 5.92 Å². The van der Waals surface area contributed by atoms with Crippen LogP contribution in [0.4, 0.5) is 5.69 Å². The van der Waals surface area contributed by atoms with Crippen molar-refractivity contribution >= 4 is 28.9 Å². The first-order chi connectivity index (χ1) is 11.5. The normalized spacial score (nSPS) is 17.2. The molecule has 1 atom stereocenters. The molecular formula is C19H21Cl2N3. The Bertz CT molecular complexity index is 773. The van der Waals surface area contributed by atoms with E-state index in [2.05, 4.69) is 47.4 Å². The molecule has 2 N–H and O–H groups in total. The molecule has 0 fully saturated rings. The van der Waals surface area contributed by atoms with Crippen LogP contribution in [0.25, 0.3) is 0 Å². The third kappa shape index (κ3) is 3.39. The molecule has 3 nitrogen and oxygen atoms in total. The lowest BCUT2D eigenvalue weighted by Gasteiger charge is -2.34. The van der Waals surface area contributed by atoms with E-state index in [0.717, 1.165) is 35.2 Å². The van der Waals surface area contributed by atoms with E-state index in [0.29, 0.717) is 5.02 Å². The van der Waals surface area contributed by atoms with Crippen molar-refractivity contribution in [3.63, 3.8) is 0 Å². The number of fused-ring (bicyclic) bond motifs is 1. The number of hydrogen-bond donors (Lipinski definition) is 2. The molecule has 0 radical (unpaired) electrons. The van der Waals surface area contributed by atoms with Crippen LogP contribution in [0.3, 0.4) is 0 Å². The van der Waals surface area contributed by atoms with Crippen molar-refractivity contribution in [2.75, 3.05) is 26.0 Å².